The summed E-state index contributed by atoms with van der Waals surface area (Å²) in [5.74, 6) is 0.188. The number of aromatic nitrogens is 4. The topological polar surface area (TPSA) is 113 Å². The van der Waals surface area contributed by atoms with Gasteiger partial charge in [-0.15, -0.1) is 0 Å². The fourth-order valence-corrected chi connectivity index (χ4v) is 4.46. The van der Waals surface area contributed by atoms with Gasteiger partial charge >= 0.3 is 6.01 Å². The van der Waals surface area contributed by atoms with Gasteiger partial charge in [0.2, 0.25) is 0 Å². The summed E-state index contributed by atoms with van der Waals surface area (Å²) in [5, 5.41) is 0. The van der Waals surface area contributed by atoms with Gasteiger partial charge in [-0.25, -0.2) is 13.4 Å². The maximum atomic E-state index is 12.3. The summed E-state index contributed by atoms with van der Waals surface area (Å²) in [6, 6.07) is 1.77. The largest absolute Gasteiger partial charge is 0.460 e. The molecule has 0 radical (unpaired) electrons. The van der Waals surface area contributed by atoms with Crippen molar-refractivity contribution in [3.8, 4) is 17.4 Å². The van der Waals surface area contributed by atoms with Crippen LogP contribution < -0.4 is 10.3 Å². The molecule has 2 aromatic rings. The molecule has 0 N–H and O–H groups in total. The summed E-state index contributed by atoms with van der Waals surface area (Å²) in [6.07, 6.45) is 3.46. The third-order valence-corrected chi connectivity index (χ3v) is 6.31. The number of hydrogen-bond donors (Lipinski definition) is 0. The van der Waals surface area contributed by atoms with Crippen molar-refractivity contribution in [1.82, 2.24) is 19.5 Å². The van der Waals surface area contributed by atoms with Crippen molar-refractivity contribution in [3.05, 3.63) is 34.0 Å². The Balaban J connectivity index is 2.01. The highest BCUT2D eigenvalue weighted by molar-refractivity contribution is 7.90. The lowest BCUT2D eigenvalue weighted by atomic mass is 10.2. The molecule has 0 saturated carbocycles. The standard InChI is InChI=1S/C19H26N4O5S/c1-4-9-29(25,26)12-16-20-17(14-10-13(2)18(24)23(3)11-14)22-19(21-16)28-15-5-7-27-8-6-15/h10-11,15H,4-9,12H2,1-3H3. The number of hydrogen-bond acceptors (Lipinski definition) is 8. The Morgan fingerprint density at radius 2 is 1.97 bits per heavy atom. The van der Waals surface area contributed by atoms with Crippen LogP contribution in [0.25, 0.3) is 11.4 Å². The van der Waals surface area contributed by atoms with Crippen LogP contribution in [-0.4, -0.2) is 53.0 Å². The Morgan fingerprint density at radius 1 is 1.24 bits per heavy atom. The smallest absolute Gasteiger partial charge is 0.320 e. The molecule has 0 bridgehead atoms. The van der Waals surface area contributed by atoms with Crippen molar-refractivity contribution >= 4 is 9.84 Å². The maximum Gasteiger partial charge on any atom is 0.320 e. The normalized spacial score (nSPS) is 15.4. The quantitative estimate of drug-likeness (QED) is 0.658. The minimum Gasteiger partial charge on any atom is -0.460 e. The lowest BCUT2D eigenvalue weighted by Crippen LogP contribution is -2.27. The number of nitrogens with zero attached hydrogens (tertiary/aromatic N) is 4. The monoisotopic (exact) mass is 422 g/mol. The highest BCUT2D eigenvalue weighted by atomic mass is 32.2. The average Bonchev–Trinajstić information content (AvgIpc) is 2.66. The van der Waals surface area contributed by atoms with Crippen LogP contribution in [0.5, 0.6) is 6.01 Å². The van der Waals surface area contributed by atoms with Crippen LogP contribution in [0.3, 0.4) is 0 Å². The molecule has 3 heterocycles. The van der Waals surface area contributed by atoms with Crippen molar-refractivity contribution < 1.29 is 17.9 Å². The Hall–Kier alpha value is -2.33. The third-order valence-electron chi connectivity index (χ3n) is 4.59. The molecule has 1 saturated heterocycles. The Bertz CT molecular complexity index is 1000. The van der Waals surface area contributed by atoms with Crippen LogP contribution in [0.15, 0.2) is 17.1 Å². The van der Waals surface area contributed by atoms with Gasteiger partial charge in [0.05, 0.1) is 19.0 Å². The molecule has 2 aromatic heterocycles. The summed E-state index contributed by atoms with van der Waals surface area (Å²) in [7, 11) is -1.70. The molecule has 1 aliphatic heterocycles. The van der Waals surface area contributed by atoms with E-state index in [0.717, 1.165) is 0 Å². The zero-order chi connectivity index (χ0) is 21.0. The van der Waals surface area contributed by atoms with Crippen molar-refractivity contribution in [2.75, 3.05) is 19.0 Å². The summed E-state index contributed by atoms with van der Waals surface area (Å²) in [5.41, 5.74) is 1.02. The van der Waals surface area contributed by atoms with Gasteiger partial charge in [0, 0.05) is 37.2 Å². The summed E-state index contributed by atoms with van der Waals surface area (Å²) in [6.45, 7) is 4.71. The molecule has 29 heavy (non-hydrogen) atoms. The van der Waals surface area contributed by atoms with Gasteiger partial charge in [0.15, 0.2) is 21.5 Å². The van der Waals surface area contributed by atoms with Crippen molar-refractivity contribution in [2.45, 2.75) is 45.0 Å². The fourth-order valence-electron chi connectivity index (χ4n) is 3.17. The lowest BCUT2D eigenvalue weighted by molar-refractivity contribution is 0.0216. The fraction of sp³-hybridized carbons (Fsp3) is 0.579. The Morgan fingerprint density at radius 3 is 2.62 bits per heavy atom. The summed E-state index contributed by atoms with van der Waals surface area (Å²) >= 11 is 0. The molecule has 158 valence electrons. The predicted octanol–water partition coefficient (Wildman–Crippen LogP) is 1.43. The van der Waals surface area contributed by atoms with E-state index in [9.17, 15) is 13.2 Å². The second kappa shape index (κ2) is 9.00. The molecular weight excluding hydrogens is 396 g/mol. The minimum atomic E-state index is -3.34. The van der Waals surface area contributed by atoms with Gasteiger partial charge in [0.1, 0.15) is 11.9 Å². The molecule has 0 amide bonds. The van der Waals surface area contributed by atoms with Crippen LogP contribution in [0.1, 0.15) is 37.6 Å². The number of sulfone groups is 1. The first-order chi connectivity index (χ1) is 13.8. The van der Waals surface area contributed by atoms with E-state index in [4.69, 9.17) is 9.47 Å². The van der Waals surface area contributed by atoms with E-state index in [0.29, 0.717) is 43.6 Å². The van der Waals surface area contributed by atoms with Gasteiger partial charge in [-0.3, -0.25) is 4.79 Å². The zero-order valence-electron chi connectivity index (χ0n) is 16.9. The highest BCUT2D eigenvalue weighted by Gasteiger charge is 2.21. The number of ether oxygens (including phenoxy) is 2. The molecule has 9 nitrogen and oxygen atoms in total. The first-order valence-corrected chi connectivity index (χ1v) is 11.5. The van der Waals surface area contributed by atoms with Gasteiger partial charge in [-0.2, -0.15) is 9.97 Å². The van der Waals surface area contributed by atoms with Gasteiger partial charge in [-0.05, 0) is 19.4 Å². The molecule has 10 heteroatoms. The van der Waals surface area contributed by atoms with E-state index >= 15 is 0 Å². The van der Waals surface area contributed by atoms with Crippen LogP contribution >= 0.6 is 0 Å². The van der Waals surface area contributed by atoms with E-state index < -0.39 is 9.84 Å². The van der Waals surface area contributed by atoms with E-state index in [1.165, 1.54) is 4.57 Å². The summed E-state index contributed by atoms with van der Waals surface area (Å²) in [4.78, 5) is 25.0. The predicted molar refractivity (Wildman–Crippen MR) is 107 cm³/mol. The van der Waals surface area contributed by atoms with Gasteiger partial charge in [-0.1, -0.05) is 6.92 Å². The minimum absolute atomic E-state index is 0.0586. The highest BCUT2D eigenvalue weighted by Crippen LogP contribution is 2.20. The van der Waals surface area contributed by atoms with E-state index in [1.54, 1.807) is 26.2 Å². The first-order valence-electron chi connectivity index (χ1n) is 9.65. The van der Waals surface area contributed by atoms with Crippen molar-refractivity contribution in [1.29, 1.82) is 0 Å². The molecule has 0 atom stereocenters. The van der Waals surface area contributed by atoms with E-state index in [-0.39, 0.29) is 40.8 Å². The second-order valence-electron chi connectivity index (χ2n) is 7.21. The molecule has 1 fully saturated rings. The molecular formula is C19H26N4O5S. The van der Waals surface area contributed by atoms with Crippen LogP contribution in [0.4, 0.5) is 0 Å². The van der Waals surface area contributed by atoms with E-state index in [2.05, 4.69) is 15.0 Å². The number of rotatable bonds is 7. The number of aryl methyl sites for hydroxylation is 2. The maximum absolute atomic E-state index is 12.3. The molecule has 0 aromatic carbocycles. The molecule has 0 unspecified atom stereocenters. The first kappa shape index (κ1) is 21.4. The van der Waals surface area contributed by atoms with Crippen LogP contribution in [0, 0.1) is 6.92 Å². The molecule has 0 spiro atoms. The SMILES string of the molecule is CCCS(=O)(=O)Cc1nc(OC2CCOCC2)nc(-c2cc(C)c(=O)n(C)c2)n1. The number of pyridine rings is 1. The second-order valence-corrected chi connectivity index (χ2v) is 9.39. The third kappa shape index (κ3) is 5.60. The Labute approximate surface area is 170 Å². The van der Waals surface area contributed by atoms with Crippen LogP contribution in [-0.2, 0) is 27.4 Å². The molecule has 0 aliphatic carbocycles. The van der Waals surface area contributed by atoms with Crippen molar-refractivity contribution in [2.24, 2.45) is 7.05 Å². The average molecular weight is 423 g/mol. The van der Waals surface area contributed by atoms with Crippen molar-refractivity contribution in [3.63, 3.8) is 0 Å². The van der Waals surface area contributed by atoms with Gasteiger partial charge in [0.25, 0.3) is 5.56 Å². The Kier molecular flexibility index (Phi) is 6.63. The molecule has 3 rings (SSSR count). The van der Waals surface area contributed by atoms with E-state index in [1.807, 2.05) is 6.92 Å². The van der Waals surface area contributed by atoms with Crippen LogP contribution in [0.2, 0.25) is 0 Å². The summed E-state index contributed by atoms with van der Waals surface area (Å²) < 4.78 is 37.3. The zero-order valence-corrected chi connectivity index (χ0v) is 17.7. The lowest BCUT2D eigenvalue weighted by Gasteiger charge is -2.22. The molecule has 1 aliphatic rings. The van der Waals surface area contributed by atoms with Gasteiger partial charge < -0.3 is 14.0 Å².